The predicted octanol–water partition coefficient (Wildman–Crippen LogP) is 1.56. The molecular weight excluding hydrogens is 515 g/mol. The van der Waals surface area contributed by atoms with Crippen molar-refractivity contribution in [2.24, 2.45) is 5.92 Å². The van der Waals surface area contributed by atoms with E-state index in [0.717, 1.165) is 25.9 Å². The summed E-state index contributed by atoms with van der Waals surface area (Å²) in [7, 11) is 0. The van der Waals surface area contributed by atoms with Crippen LogP contribution in [0.15, 0.2) is 18.6 Å². The number of anilines is 4. The highest BCUT2D eigenvalue weighted by Crippen LogP contribution is 2.29. The van der Waals surface area contributed by atoms with Crippen LogP contribution in [0.4, 0.5) is 36.4 Å². The van der Waals surface area contributed by atoms with Crippen LogP contribution in [-0.4, -0.2) is 91.0 Å². The summed E-state index contributed by atoms with van der Waals surface area (Å²) in [5.74, 6) is 1.88. The first-order valence-corrected chi connectivity index (χ1v) is 13.4. The first kappa shape index (κ1) is 28.9. The molecule has 39 heavy (non-hydrogen) atoms. The van der Waals surface area contributed by atoms with Crippen LogP contribution in [0.5, 0.6) is 0 Å². The van der Waals surface area contributed by atoms with Crippen molar-refractivity contribution in [3.8, 4) is 0 Å². The lowest BCUT2D eigenvalue weighted by atomic mass is 9.90. The summed E-state index contributed by atoms with van der Waals surface area (Å²) in [6.07, 6.45) is 4.60. The van der Waals surface area contributed by atoms with Crippen molar-refractivity contribution in [1.29, 1.82) is 0 Å². The van der Waals surface area contributed by atoms with Gasteiger partial charge in [0.1, 0.15) is 31.0 Å². The van der Waals surface area contributed by atoms with Crippen molar-refractivity contribution in [3.63, 3.8) is 0 Å². The SMILES string of the molecule is [NH2+]=C(COCC1CCCCC1)c1nc(N2CCNCC2)nc(Nc2ccncn2)c1NCCOCC(F)(F)F. The van der Waals surface area contributed by atoms with E-state index in [1.54, 1.807) is 12.3 Å². The summed E-state index contributed by atoms with van der Waals surface area (Å²) in [5.41, 5.74) is 1.26. The molecule has 0 aromatic carbocycles. The number of alkyl halides is 3. The number of nitrogens with two attached hydrogens (primary N) is 1. The van der Waals surface area contributed by atoms with Crippen LogP contribution in [0.3, 0.4) is 0 Å². The van der Waals surface area contributed by atoms with Crippen molar-refractivity contribution in [2.75, 3.05) is 74.7 Å². The van der Waals surface area contributed by atoms with E-state index in [2.05, 4.69) is 30.8 Å². The molecule has 14 heteroatoms. The van der Waals surface area contributed by atoms with E-state index in [-0.39, 0.29) is 19.8 Å². The molecule has 2 aliphatic rings. The van der Waals surface area contributed by atoms with Gasteiger partial charge in [-0.3, -0.25) is 5.41 Å². The van der Waals surface area contributed by atoms with Gasteiger partial charge >= 0.3 is 6.18 Å². The Morgan fingerprint density at radius 3 is 2.64 bits per heavy atom. The van der Waals surface area contributed by atoms with Crippen LogP contribution in [-0.2, 0) is 9.47 Å². The molecule has 214 valence electrons. The molecule has 11 nitrogen and oxygen atoms in total. The summed E-state index contributed by atoms with van der Waals surface area (Å²) in [6.45, 7) is 2.36. The highest BCUT2D eigenvalue weighted by Gasteiger charge is 2.28. The van der Waals surface area contributed by atoms with Crippen LogP contribution in [0.1, 0.15) is 37.8 Å². The third-order valence-corrected chi connectivity index (χ3v) is 6.58. The second kappa shape index (κ2) is 14.3. The highest BCUT2D eigenvalue weighted by atomic mass is 19.4. The Balaban J connectivity index is 1.57. The van der Waals surface area contributed by atoms with E-state index in [4.69, 9.17) is 24.9 Å². The second-order valence-corrected chi connectivity index (χ2v) is 9.69. The molecule has 0 radical (unpaired) electrons. The average molecular weight is 553 g/mol. The Hall–Kier alpha value is -3.10. The van der Waals surface area contributed by atoms with E-state index >= 15 is 0 Å². The van der Waals surface area contributed by atoms with Gasteiger partial charge in [-0.2, -0.15) is 18.2 Å². The molecule has 4 rings (SSSR count). The molecule has 1 aliphatic heterocycles. The van der Waals surface area contributed by atoms with Gasteiger partial charge in [-0.25, -0.2) is 15.0 Å². The van der Waals surface area contributed by atoms with Crippen molar-refractivity contribution in [1.82, 2.24) is 25.3 Å². The molecule has 5 N–H and O–H groups in total. The summed E-state index contributed by atoms with van der Waals surface area (Å²) < 4.78 is 48.4. The fraction of sp³-hybridized carbons (Fsp3) is 0.640. The van der Waals surface area contributed by atoms with Gasteiger partial charge in [-0.15, -0.1) is 0 Å². The molecule has 2 aromatic heterocycles. The molecule has 1 saturated carbocycles. The third-order valence-electron chi connectivity index (χ3n) is 6.58. The van der Waals surface area contributed by atoms with Crippen LogP contribution in [0.2, 0.25) is 0 Å². The fourth-order valence-electron chi connectivity index (χ4n) is 4.63. The third kappa shape index (κ3) is 9.25. The number of ether oxygens (including phenoxy) is 2. The Morgan fingerprint density at radius 1 is 1.13 bits per heavy atom. The number of nitrogens with zero attached hydrogens (tertiary/aromatic N) is 5. The van der Waals surface area contributed by atoms with Crippen molar-refractivity contribution < 1.29 is 28.1 Å². The maximum absolute atomic E-state index is 12.5. The Kier molecular flexibility index (Phi) is 10.6. The normalized spacial score (nSPS) is 16.7. The van der Waals surface area contributed by atoms with Gasteiger partial charge in [0.2, 0.25) is 11.7 Å². The monoisotopic (exact) mass is 552 g/mol. The highest BCUT2D eigenvalue weighted by molar-refractivity contribution is 6.02. The molecule has 0 unspecified atom stereocenters. The molecule has 1 aliphatic carbocycles. The van der Waals surface area contributed by atoms with Gasteiger partial charge < -0.3 is 30.3 Å². The van der Waals surface area contributed by atoms with E-state index in [9.17, 15) is 13.2 Å². The Bertz CT molecular complexity index is 1050. The number of rotatable bonds is 13. The number of nitrogens with one attached hydrogen (secondary N) is 3. The zero-order valence-electron chi connectivity index (χ0n) is 22.0. The van der Waals surface area contributed by atoms with E-state index in [1.807, 2.05) is 0 Å². The molecule has 2 aromatic rings. The first-order valence-electron chi connectivity index (χ1n) is 13.4. The lowest BCUT2D eigenvalue weighted by molar-refractivity contribution is -0.172. The number of piperazine rings is 1. The lowest BCUT2D eigenvalue weighted by Crippen LogP contribution is -2.46. The summed E-state index contributed by atoms with van der Waals surface area (Å²) >= 11 is 0. The van der Waals surface area contributed by atoms with Gasteiger partial charge in [0, 0.05) is 38.9 Å². The molecule has 0 atom stereocenters. The number of aromatic nitrogens is 4. The van der Waals surface area contributed by atoms with E-state index < -0.39 is 12.8 Å². The van der Waals surface area contributed by atoms with Crippen molar-refractivity contribution in [2.45, 2.75) is 38.3 Å². The molecule has 2 fully saturated rings. The fourth-order valence-corrected chi connectivity index (χ4v) is 4.63. The summed E-state index contributed by atoms with van der Waals surface area (Å²) in [6, 6.07) is 1.68. The molecular formula is C25H37F3N9O2+. The Labute approximate surface area is 225 Å². The average Bonchev–Trinajstić information content (AvgIpc) is 2.94. The first-order chi connectivity index (χ1) is 18.9. The topological polar surface area (TPSA) is 135 Å². The van der Waals surface area contributed by atoms with Gasteiger partial charge in [-0.1, -0.05) is 19.3 Å². The molecule has 0 spiro atoms. The van der Waals surface area contributed by atoms with E-state index in [0.29, 0.717) is 60.3 Å². The van der Waals surface area contributed by atoms with Crippen LogP contribution < -0.4 is 26.3 Å². The van der Waals surface area contributed by atoms with Gasteiger partial charge in [-0.05, 0) is 24.8 Å². The maximum Gasteiger partial charge on any atom is 0.411 e. The van der Waals surface area contributed by atoms with Crippen molar-refractivity contribution in [3.05, 3.63) is 24.3 Å². The minimum atomic E-state index is -4.40. The molecule has 0 amide bonds. The smallest absolute Gasteiger partial charge is 0.378 e. The van der Waals surface area contributed by atoms with Crippen molar-refractivity contribution >= 4 is 29.0 Å². The summed E-state index contributed by atoms with van der Waals surface area (Å²) in [5, 5.41) is 16.2. The largest absolute Gasteiger partial charge is 0.411 e. The standard InChI is InChI=1S/C25H36F3N9O2/c26-25(27,28)16-38-13-10-32-22-21(19(29)15-39-14-18-4-2-1-3-5-18)35-24(37-11-8-30-9-12-37)36-23(22)34-20-6-7-31-17-33-20/h6-7,17-18,29-30,32H,1-5,8-16H2,(H,31,33,34,35,36)/p+1. The number of hydrogen-bond donors (Lipinski definition) is 4. The minimum Gasteiger partial charge on any atom is -0.378 e. The van der Waals surface area contributed by atoms with Gasteiger partial charge in [0.05, 0.1) is 13.2 Å². The second-order valence-electron chi connectivity index (χ2n) is 9.69. The number of hydrogen-bond acceptors (Lipinski definition) is 10. The zero-order valence-corrected chi connectivity index (χ0v) is 22.0. The predicted molar refractivity (Wildman–Crippen MR) is 141 cm³/mol. The summed E-state index contributed by atoms with van der Waals surface area (Å²) in [4.78, 5) is 19.8. The maximum atomic E-state index is 12.5. The van der Waals surface area contributed by atoms with Crippen LogP contribution in [0, 0.1) is 5.92 Å². The molecule has 0 bridgehead atoms. The van der Waals surface area contributed by atoms with E-state index in [1.165, 1.54) is 25.6 Å². The number of halogens is 3. The van der Waals surface area contributed by atoms with Crippen LogP contribution >= 0.6 is 0 Å². The Morgan fingerprint density at radius 2 is 1.92 bits per heavy atom. The quantitative estimate of drug-likeness (QED) is 0.214. The molecule has 1 saturated heterocycles. The van der Waals surface area contributed by atoms with Crippen LogP contribution in [0.25, 0.3) is 0 Å². The van der Waals surface area contributed by atoms with Gasteiger partial charge in [0.25, 0.3) is 0 Å². The lowest BCUT2D eigenvalue weighted by Gasteiger charge is -2.28. The minimum absolute atomic E-state index is 0.0775. The zero-order chi connectivity index (χ0) is 27.5. The van der Waals surface area contributed by atoms with Gasteiger partial charge in [0.15, 0.2) is 11.5 Å². The molecule has 3 heterocycles.